The highest BCUT2D eigenvalue weighted by Gasteiger charge is 2.48. The maximum atomic E-state index is 10.1. The molecular weight excluding hydrogens is 282 g/mol. The van der Waals surface area contributed by atoms with Gasteiger partial charge in [-0.25, -0.2) is 0 Å². The Labute approximate surface area is 124 Å². The molecule has 9 heteroatoms. The molecule has 0 bridgehead atoms. The SMILES string of the molecule is B[C@@H]1S[C@H](COB[C@@H]2O[C@H](CO)C[C@H]2O)[C@@H](O)[C@@]1(C)O. The number of hydrogen-bond donors (Lipinski definition) is 4. The highest BCUT2D eigenvalue weighted by Crippen LogP contribution is 2.39. The smallest absolute Gasteiger partial charge is 0.307 e. The summed E-state index contributed by atoms with van der Waals surface area (Å²) < 4.78 is 11.0. The van der Waals surface area contributed by atoms with Crippen molar-refractivity contribution < 1.29 is 29.8 Å². The molecule has 0 aromatic carbocycles. The molecule has 7 atom stereocenters. The van der Waals surface area contributed by atoms with Gasteiger partial charge in [0.1, 0.15) is 7.85 Å². The molecule has 0 spiro atoms. The van der Waals surface area contributed by atoms with Crippen LogP contribution in [0.3, 0.4) is 0 Å². The fraction of sp³-hybridized carbons (Fsp3) is 1.00. The minimum absolute atomic E-state index is 0.0572. The second-order valence-electron chi connectivity index (χ2n) is 5.81. The van der Waals surface area contributed by atoms with E-state index in [1.54, 1.807) is 6.92 Å². The molecule has 0 aromatic heterocycles. The van der Waals surface area contributed by atoms with Crippen molar-refractivity contribution in [1.29, 1.82) is 0 Å². The first-order valence-electron chi connectivity index (χ1n) is 6.94. The van der Waals surface area contributed by atoms with Crippen LogP contribution in [0.25, 0.3) is 0 Å². The monoisotopic (exact) mass is 304 g/mol. The average Bonchev–Trinajstić information content (AvgIpc) is 2.84. The van der Waals surface area contributed by atoms with Crippen molar-refractivity contribution in [3.8, 4) is 0 Å². The molecule has 2 rings (SSSR count). The standard InChI is InChI=1S/C11H22B2O6S/c1-11(17)8(16)7(20-10(11)12)4-18-13-9-6(15)2-5(3-14)19-9/h5-10,13-17H,2-4,12H2,1H3/t5-,6+,7+,8+,9+,10+,11+/m0/s1. The van der Waals surface area contributed by atoms with E-state index in [4.69, 9.17) is 14.5 Å². The number of rotatable bonds is 5. The highest BCUT2D eigenvalue weighted by atomic mass is 32.2. The molecule has 0 aliphatic carbocycles. The Morgan fingerprint density at radius 3 is 2.70 bits per heavy atom. The topological polar surface area (TPSA) is 99.4 Å². The Hall–Kier alpha value is 0.240. The number of thioether (sulfide) groups is 1. The lowest BCUT2D eigenvalue weighted by molar-refractivity contribution is -0.0461. The molecule has 0 saturated carbocycles. The van der Waals surface area contributed by atoms with E-state index < -0.39 is 23.8 Å². The van der Waals surface area contributed by atoms with E-state index in [0.717, 1.165) is 0 Å². The molecule has 0 aromatic rings. The molecule has 0 radical (unpaired) electrons. The Morgan fingerprint density at radius 2 is 2.20 bits per heavy atom. The van der Waals surface area contributed by atoms with Gasteiger partial charge in [-0.05, 0) is 6.92 Å². The molecule has 2 heterocycles. The normalized spacial score (nSPS) is 48.6. The van der Waals surface area contributed by atoms with Crippen LogP contribution in [-0.4, -0.2) is 89.3 Å². The van der Waals surface area contributed by atoms with Crippen LogP contribution in [0.1, 0.15) is 13.3 Å². The van der Waals surface area contributed by atoms with Gasteiger partial charge in [-0.1, -0.05) is 0 Å². The molecule has 2 saturated heterocycles. The van der Waals surface area contributed by atoms with Gasteiger partial charge in [-0.3, -0.25) is 0 Å². The number of hydrogen-bond acceptors (Lipinski definition) is 7. The van der Waals surface area contributed by atoms with E-state index in [1.807, 2.05) is 7.85 Å². The Bertz CT molecular complexity index is 334. The van der Waals surface area contributed by atoms with Gasteiger partial charge in [0.15, 0.2) is 0 Å². The second kappa shape index (κ2) is 6.56. The van der Waals surface area contributed by atoms with E-state index in [9.17, 15) is 15.3 Å². The lowest BCUT2D eigenvalue weighted by Gasteiger charge is -2.26. The maximum absolute atomic E-state index is 10.1. The fourth-order valence-corrected chi connectivity index (χ4v) is 4.14. The first-order valence-corrected chi connectivity index (χ1v) is 7.88. The second-order valence-corrected chi connectivity index (χ2v) is 7.39. The van der Waals surface area contributed by atoms with Crippen molar-refractivity contribution in [3.63, 3.8) is 0 Å². The lowest BCUT2D eigenvalue weighted by Crippen LogP contribution is -2.46. The first kappa shape index (κ1) is 16.6. The molecule has 20 heavy (non-hydrogen) atoms. The number of ether oxygens (including phenoxy) is 1. The van der Waals surface area contributed by atoms with E-state index in [-0.39, 0.29) is 30.6 Å². The zero-order chi connectivity index (χ0) is 14.9. The summed E-state index contributed by atoms with van der Waals surface area (Å²) in [7, 11) is 2.10. The summed E-state index contributed by atoms with van der Waals surface area (Å²) in [6, 6.07) is -0.436. The lowest BCUT2D eigenvalue weighted by atomic mass is 9.82. The van der Waals surface area contributed by atoms with E-state index >= 15 is 0 Å². The van der Waals surface area contributed by atoms with E-state index in [2.05, 4.69) is 0 Å². The highest BCUT2D eigenvalue weighted by molar-refractivity contribution is 8.02. The molecule has 2 fully saturated rings. The quantitative estimate of drug-likeness (QED) is 0.402. The van der Waals surface area contributed by atoms with Gasteiger partial charge in [-0.15, -0.1) is 0 Å². The van der Waals surface area contributed by atoms with Gasteiger partial charge in [0.25, 0.3) is 0 Å². The summed E-state index contributed by atoms with van der Waals surface area (Å²) in [5.41, 5.74) is -1.11. The average molecular weight is 304 g/mol. The van der Waals surface area contributed by atoms with Crippen LogP contribution >= 0.6 is 11.8 Å². The van der Waals surface area contributed by atoms with Gasteiger partial charge in [0.05, 0.1) is 41.8 Å². The van der Waals surface area contributed by atoms with Gasteiger partial charge >= 0.3 is 7.48 Å². The molecule has 0 amide bonds. The van der Waals surface area contributed by atoms with Crippen LogP contribution in [0.4, 0.5) is 0 Å². The first-order chi connectivity index (χ1) is 9.36. The predicted octanol–water partition coefficient (Wildman–Crippen LogP) is -2.99. The molecule has 4 N–H and O–H groups in total. The van der Waals surface area contributed by atoms with Crippen molar-refractivity contribution in [2.75, 3.05) is 13.2 Å². The van der Waals surface area contributed by atoms with Crippen LogP contribution in [-0.2, 0) is 9.39 Å². The van der Waals surface area contributed by atoms with Gasteiger partial charge in [0, 0.05) is 18.2 Å². The summed E-state index contributed by atoms with van der Waals surface area (Å²) >= 11 is 1.50. The van der Waals surface area contributed by atoms with E-state index in [1.165, 1.54) is 11.8 Å². The summed E-state index contributed by atoms with van der Waals surface area (Å²) in [4.78, 5) is 0. The largest absolute Gasteiger partial charge is 0.435 e. The summed E-state index contributed by atoms with van der Waals surface area (Å²) in [6.45, 7) is 1.82. The third-order valence-electron chi connectivity index (χ3n) is 4.22. The molecular formula is C11H22B2O6S. The molecule has 0 unspecified atom stereocenters. The molecule has 6 nitrogen and oxygen atoms in total. The Morgan fingerprint density at radius 1 is 1.50 bits per heavy atom. The summed E-state index contributed by atoms with van der Waals surface area (Å²) in [5, 5.41) is 38.6. The molecule has 2 aliphatic heterocycles. The van der Waals surface area contributed by atoms with Crippen LogP contribution < -0.4 is 0 Å². The molecule has 2 aliphatic rings. The number of aliphatic hydroxyl groups excluding tert-OH is 3. The minimum Gasteiger partial charge on any atom is -0.435 e. The fourth-order valence-electron chi connectivity index (χ4n) is 2.60. The third-order valence-corrected chi connectivity index (χ3v) is 5.85. The van der Waals surface area contributed by atoms with Crippen LogP contribution in [0.5, 0.6) is 0 Å². The van der Waals surface area contributed by atoms with Crippen LogP contribution in [0, 0.1) is 0 Å². The zero-order valence-electron chi connectivity index (χ0n) is 11.8. The predicted molar refractivity (Wildman–Crippen MR) is 79.8 cm³/mol. The van der Waals surface area contributed by atoms with Crippen molar-refractivity contribution in [1.82, 2.24) is 0 Å². The van der Waals surface area contributed by atoms with Crippen molar-refractivity contribution in [3.05, 3.63) is 0 Å². The Kier molecular flexibility index (Phi) is 5.45. The van der Waals surface area contributed by atoms with E-state index in [0.29, 0.717) is 13.0 Å². The van der Waals surface area contributed by atoms with Crippen LogP contribution in [0.15, 0.2) is 0 Å². The molecule has 114 valence electrons. The maximum Gasteiger partial charge on any atom is 0.307 e. The summed E-state index contributed by atoms with van der Waals surface area (Å²) in [5.74, 6) is 0. The Balaban J connectivity index is 1.74. The van der Waals surface area contributed by atoms with Crippen LogP contribution in [0.2, 0.25) is 0 Å². The summed E-state index contributed by atoms with van der Waals surface area (Å²) in [6.07, 6.45) is -1.37. The van der Waals surface area contributed by atoms with Crippen molar-refractivity contribution >= 4 is 27.1 Å². The van der Waals surface area contributed by atoms with Gasteiger partial charge < -0.3 is 29.8 Å². The van der Waals surface area contributed by atoms with Crippen molar-refractivity contribution in [2.45, 2.75) is 53.7 Å². The van der Waals surface area contributed by atoms with Gasteiger partial charge in [0.2, 0.25) is 0 Å². The van der Waals surface area contributed by atoms with Gasteiger partial charge in [-0.2, -0.15) is 11.8 Å². The zero-order valence-corrected chi connectivity index (χ0v) is 12.6. The minimum atomic E-state index is -1.11. The number of aliphatic hydroxyl groups is 4. The third kappa shape index (κ3) is 3.35. The van der Waals surface area contributed by atoms with Crippen molar-refractivity contribution in [2.24, 2.45) is 0 Å².